The molecule has 0 atom stereocenters. The van der Waals surface area contributed by atoms with Gasteiger partial charge in [-0.15, -0.1) is 0 Å². The standard InChI is InChI=1S/C13H24O/c1-7-11(4)8-13(5,6)9-12(14)10(2)3/h10H,4,7-9H2,1-3,5-6H3. The number of ketones is 1. The van der Waals surface area contributed by atoms with Crippen LogP contribution >= 0.6 is 0 Å². The van der Waals surface area contributed by atoms with Gasteiger partial charge < -0.3 is 0 Å². The highest BCUT2D eigenvalue weighted by atomic mass is 16.1. The first-order valence-corrected chi connectivity index (χ1v) is 5.48. The van der Waals surface area contributed by atoms with Crippen LogP contribution < -0.4 is 0 Å². The average Bonchev–Trinajstić information content (AvgIpc) is 2.02. The second kappa shape index (κ2) is 5.33. The molecule has 0 aliphatic carbocycles. The summed E-state index contributed by atoms with van der Waals surface area (Å²) < 4.78 is 0. The summed E-state index contributed by atoms with van der Waals surface area (Å²) in [6.45, 7) is 14.3. The molecule has 0 aromatic rings. The van der Waals surface area contributed by atoms with Crippen LogP contribution in [0.3, 0.4) is 0 Å². The topological polar surface area (TPSA) is 17.1 Å². The molecule has 0 bridgehead atoms. The summed E-state index contributed by atoms with van der Waals surface area (Å²) in [5, 5.41) is 0. The summed E-state index contributed by atoms with van der Waals surface area (Å²) in [6, 6.07) is 0. The Morgan fingerprint density at radius 2 is 1.79 bits per heavy atom. The molecule has 0 unspecified atom stereocenters. The molecule has 0 spiro atoms. The van der Waals surface area contributed by atoms with Crippen LogP contribution in [0.4, 0.5) is 0 Å². The summed E-state index contributed by atoms with van der Waals surface area (Å²) in [5.41, 5.74) is 1.32. The van der Waals surface area contributed by atoms with E-state index in [1.807, 2.05) is 13.8 Å². The molecule has 0 aliphatic heterocycles. The summed E-state index contributed by atoms with van der Waals surface area (Å²) in [7, 11) is 0. The van der Waals surface area contributed by atoms with E-state index in [4.69, 9.17) is 0 Å². The van der Waals surface area contributed by atoms with E-state index in [2.05, 4.69) is 27.4 Å². The zero-order chi connectivity index (χ0) is 11.4. The lowest BCUT2D eigenvalue weighted by molar-refractivity contribution is -0.123. The molecule has 0 aromatic carbocycles. The van der Waals surface area contributed by atoms with E-state index in [1.54, 1.807) is 0 Å². The Balaban J connectivity index is 4.20. The minimum Gasteiger partial charge on any atom is -0.299 e. The Kier molecular flexibility index (Phi) is 5.11. The van der Waals surface area contributed by atoms with Crippen LogP contribution in [0.2, 0.25) is 0 Å². The molecule has 1 heteroatoms. The molecule has 0 heterocycles. The number of rotatable bonds is 6. The van der Waals surface area contributed by atoms with Crippen molar-refractivity contribution in [1.29, 1.82) is 0 Å². The van der Waals surface area contributed by atoms with E-state index in [-0.39, 0.29) is 11.3 Å². The average molecular weight is 196 g/mol. The van der Waals surface area contributed by atoms with Crippen LogP contribution in [-0.2, 0) is 4.79 Å². The maximum atomic E-state index is 11.6. The molecule has 0 aliphatic rings. The molecule has 14 heavy (non-hydrogen) atoms. The Labute approximate surface area is 88.6 Å². The van der Waals surface area contributed by atoms with Gasteiger partial charge in [0.2, 0.25) is 0 Å². The van der Waals surface area contributed by atoms with Crippen LogP contribution in [-0.4, -0.2) is 5.78 Å². The Hall–Kier alpha value is -0.590. The molecular formula is C13H24O. The molecular weight excluding hydrogens is 172 g/mol. The molecule has 0 N–H and O–H groups in total. The number of Topliss-reactive ketones (excluding diaryl/α,β-unsaturated/α-hetero) is 1. The van der Waals surface area contributed by atoms with Crippen molar-refractivity contribution in [2.75, 3.05) is 0 Å². The summed E-state index contributed by atoms with van der Waals surface area (Å²) in [6.07, 6.45) is 2.64. The molecule has 0 aromatic heterocycles. The highest BCUT2D eigenvalue weighted by Gasteiger charge is 2.23. The van der Waals surface area contributed by atoms with Crippen molar-refractivity contribution < 1.29 is 4.79 Å². The van der Waals surface area contributed by atoms with Gasteiger partial charge in [-0.05, 0) is 18.3 Å². The molecule has 0 radical (unpaired) electrons. The van der Waals surface area contributed by atoms with E-state index >= 15 is 0 Å². The third-order valence-electron chi connectivity index (χ3n) is 2.53. The number of hydrogen-bond acceptors (Lipinski definition) is 1. The summed E-state index contributed by atoms with van der Waals surface area (Å²) in [5.74, 6) is 0.517. The smallest absolute Gasteiger partial charge is 0.135 e. The molecule has 0 rings (SSSR count). The Morgan fingerprint density at radius 3 is 2.14 bits per heavy atom. The van der Waals surface area contributed by atoms with Crippen molar-refractivity contribution in [1.82, 2.24) is 0 Å². The second-order valence-electron chi connectivity index (χ2n) is 5.24. The van der Waals surface area contributed by atoms with Crippen molar-refractivity contribution in [3.63, 3.8) is 0 Å². The second-order valence-corrected chi connectivity index (χ2v) is 5.24. The lowest BCUT2D eigenvalue weighted by Gasteiger charge is -2.25. The third-order valence-corrected chi connectivity index (χ3v) is 2.53. The number of carbonyl (C=O) groups excluding carboxylic acids is 1. The first kappa shape index (κ1) is 13.4. The molecule has 0 fully saturated rings. The molecule has 1 nitrogen and oxygen atoms in total. The largest absolute Gasteiger partial charge is 0.299 e. The number of carbonyl (C=O) groups is 1. The minimum absolute atomic E-state index is 0.0778. The lowest BCUT2D eigenvalue weighted by atomic mass is 9.79. The maximum absolute atomic E-state index is 11.6. The van der Waals surface area contributed by atoms with E-state index in [0.717, 1.165) is 12.8 Å². The summed E-state index contributed by atoms with van der Waals surface area (Å²) in [4.78, 5) is 11.6. The van der Waals surface area contributed by atoms with Crippen molar-refractivity contribution in [3.8, 4) is 0 Å². The zero-order valence-corrected chi connectivity index (χ0v) is 10.3. The van der Waals surface area contributed by atoms with Crippen LogP contribution in [0.25, 0.3) is 0 Å². The predicted octanol–water partition coefficient (Wildman–Crippen LogP) is 3.98. The minimum atomic E-state index is 0.0778. The van der Waals surface area contributed by atoms with Crippen LogP contribution in [0, 0.1) is 11.3 Å². The van der Waals surface area contributed by atoms with E-state index < -0.39 is 0 Å². The van der Waals surface area contributed by atoms with Gasteiger partial charge in [0.1, 0.15) is 5.78 Å². The highest BCUT2D eigenvalue weighted by molar-refractivity contribution is 5.80. The van der Waals surface area contributed by atoms with Crippen molar-refractivity contribution in [3.05, 3.63) is 12.2 Å². The van der Waals surface area contributed by atoms with Gasteiger partial charge in [0.15, 0.2) is 0 Å². The molecule has 82 valence electrons. The van der Waals surface area contributed by atoms with Gasteiger partial charge >= 0.3 is 0 Å². The lowest BCUT2D eigenvalue weighted by Crippen LogP contribution is -2.20. The molecule has 0 amide bonds. The van der Waals surface area contributed by atoms with Gasteiger partial charge in [-0.1, -0.05) is 46.8 Å². The van der Waals surface area contributed by atoms with Crippen molar-refractivity contribution in [2.45, 2.75) is 53.9 Å². The first-order valence-electron chi connectivity index (χ1n) is 5.48. The summed E-state index contributed by atoms with van der Waals surface area (Å²) >= 11 is 0. The van der Waals surface area contributed by atoms with Gasteiger partial charge in [0, 0.05) is 12.3 Å². The number of hydrogen-bond donors (Lipinski definition) is 0. The fourth-order valence-electron chi connectivity index (χ4n) is 1.54. The normalized spacial score (nSPS) is 11.9. The van der Waals surface area contributed by atoms with Gasteiger partial charge in [-0.3, -0.25) is 4.79 Å². The Bertz CT molecular complexity index is 211. The number of allylic oxidation sites excluding steroid dienone is 1. The maximum Gasteiger partial charge on any atom is 0.135 e. The van der Waals surface area contributed by atoms with Crippen LogP contribution in [0.5, 0.6) is 0 Å². The molecule has 0 saturated heterocycles. The van der Waals surface area contributed by atoms with Crippen molar-refractivity contribution >= 4 is 5.78 Å². The van der Waals surface area contributed by atoms with Gasteiger partial charge in [0.25, 0.3) is 0 Å². The van der Waals surface area contributed by atoms with Gasteiger partial charge in [-0.25, -0.2) is 0 Å². The SMILES string of the molecule is C=C(CC)CC(C)(C)CC(=O)C(C)C. The Morgan fingerprint density at radius 1 is 1.29 bits per heavy atom. The quantitative estimate of drug-likeness (QED) is 0.587. The molecule has 0 saturated carbocycles. The zero-order valence-electron chi connectivity index (χ0n) is 10.3. The fourth-order valence-corrected chi connectivity index (χ4v) is 1.54. The van der Waals surface area contributed by atoms with Crippen LogP contribution in [0.15, 0.2) is 12.2 Å². The van der Waals surface area contributed by atoms with Crippen molar-refractivity contribution in [2.24, 2.45) is 11.3 Å². The fraction of sp³-hybridized carbons (Fsp3) is 0.769. The first-order chi connectivity index (χ1) is 6.28. The monoisotopic (exact) mass is 196 g/mol. The van der Waals surface area contributed by atoms with E-state index in [0.29, 0.717) is 12.2 Å². The van der Waals surface area contributed by atoms with Crippen LogP contribution in [0.1, 0.15) is 53.9 Å². The third kappa shape index (κ3) is 5.21. The van der Waals surface area contributed by atoms with Gasteiger partial charge in [0.05, 0.1) is 0 Å². The predicted molar refractivity (Wildman–Crippen MR) is 62.3 cm³/mol. The highest BCUT2D eigenvalue weighted by Crippen LogP contribution is 2.30. The van der Waals surface area contributed by atoms with E-state index in [1.165, 1.54) is 5.57 Å². The van der Waals surface area contributed by atoms with E-state index in [9.17, 15) is 4.79 Å². The van der Waals surface area contributed by atoms with Gasteiger partial charge in [-0.2, -0.15) is 0 Å².